The lowest BCUT2D eigenvalue weighted by molar-refractivity contribution is 0.482. The van der Waals surface area contributed by atoms with Crippen molar-refractivity contribution in [2.24, 2.45) is 0 Å². The first-order chi connectivity index (χ1) is 14.3. The summed E-state index contributed by atoms with van der Waals surface area (Å²) < 4.78 is 21.1. The normalized spacial score (nSPS) is 10.9. The van der Waals surface area contributed by atoms with Gasteiger partial charge in [0.25, 0.3) is 0 Å². The molecule has 0 aliphatic rings. The predicted molar refractivity (Wildman–Crippen MR) is 111 cm³/mol. The molecule has 0 atom stereocenters. The van der Waals surface area contributed by atoms with E-state index in [1.807, 2.05) is 59.3 Å². The van der Waals surface area contributed by atoms with Crippen LogP contribution in [-0.2, 0) is 0 Å². The third kappa shape index (κ3) is 3.46. The van der Waals surface area contributed by atoms with Crippen molar-refractivity contribution in [1.82, 2.24) is 14.5 Å². The molecule has 0 fully saturated rings. The molecule has 0 spiro atoms. The fourth-order valence-corrected chi connectivity index (χ4v) is 3.23. The highest BCUT2D eigenvalue weighted by molar-refractivity contribution is 5.84. The fourth-order valence-electron chi connectivity index (χ4n) is 3.23. The predicted octanol–water partition coefficient (Wildman–Crippen LogP) is 6.02. The lowest BCUT2D eigenvalue weighted by Crippen LogP contribution is -1.93. The van der Waals surface area contributed by atoms with Crippen molar-refractivity contribution < 1.29 is 9.13 Å². The van der Waals surface area contributed by atoms with Crippen molar-refractivity contribution >= 4 is 10.9 Å². The second-order valence-corrected chi connectivity index (χ2v) is 6.60. The molecule has 0 aliphatic carbocycles. The van der Waals surface area contributed by atoms with E-state index >= 15 is 0 Å². The number of para-hydroxylation sites is 1. The Bertz CT molecular complexity index is 1280. The number of hydrogen-bond donors (Lipinski definition) is 0. The Hall–Kier alpha value is -3.99. The van der Waals surface area contributed by atoms with Gasteiger partial charge in [-0.3, -0.25) is 0 Å². The van der Waals surface area contributed by atoms with Gasteiger partial charge in [0.1, 0.15) is 17.3 Å². The van der Waals surface area contributed by atoms with Crippen LogP contribution in [0.4, 0.5) is 4.39 Å². The molecule has 3 aromatic carbocycles. The monoisotopic (exact) mass is 381 g/mol. The zero-order valence-electron chi connectivity index (χ0n) is 15.4. The number of imidazole rings is 1. The molecule has 0 bridgehead atoms. The Morgan fingerprint density at radius 3 is 2.55 bits per heavy atom. The van der Waals surface area contributed by atoms with Gasteiger partial charge in [-0.05, 0) is 60.7 Å². The number of fused-ring (bicyclic) bond motifs is 1. The maximum absolute atomic E-state index is 13.2. The largest absolute Gasteiger partial charge is 0.457 e. The number of ether oxygens (including phenoxy) is 1. The number of pyridine rings is 1. The van der Waals surface area contributed by atoms with Crippen LogP contribution in [0.25, 0.3) is 27.8 Å². The highest BCUT2D eigenvalue weighted by atomic mass is 19.1. The summed E-state index contributed by atoms with van der Waals surface area (Å²) >= 11 is 0. The molecular weight excluding hydrogens is 365 g/mol. The lowest BCUT2D eigenvalue weighted by Gasteiger charge is -2.12. The molecule has 0 saturated carbocycles. The van der Waals surface area contributed by atoms with Crippen LogP contribution in [-0.4, -0.2) is 14.5 Å². The van der Waals surface area contributed by atoms with Gasteiger partial charge in [0.2, 0.25) is 0 Å². The number of rotatable bonds is 4. The van der Waals surface area contributed by atoms with Gasteiger partial charge in [-0.1, -0.05) is 18.2 Å². The van der Waals surface area contributed by atoms with Gasteiger partial charge in [-0.15, -0.1) is 0 Å². The van der Waals surface area contributed by atoms with Gasteiger partial charge in [0, 0.05) is 29.0 Å². The highest BCUT2D eigenvalue weighted by Gasteiger charge is 2.10. The first-order valence-electron chi connectivity index (χ1n) is 9.18. The van der Waals surface area contributed by atoms with Crippen LogP contribution in [0.1, 0.15) is 0 Å². The Labute approximate surface area is 166 Å². The van der Waals surface area contributed by atoms with Crippen molar-refractivity contribution in [2.45, 2.75) is 0 Å². The van der Waals surface area contributed by atoms with E-state index in [0.29, 0.717) is 11.5 Å². The first-order valence-corrected chi connectivity index (χ1v) is 9.18. The molecule has 2 heterocycles. The van der Waals surface area contributed by atoms with Crippen LogP contribution in [0.5, 0.6) is 11.5 Å². The zero-order valence-corrected chi connectivity index (χ0v) is 15.4. The number of nitrogens with zero attached hydrogens (tertiary/aromatic N) is 3. The van der Waals surface area contributed by atoms with Gasteiger partial charge >= 0.3 is 0 Å². The van der Waals surface area contributed by atoms with E-state index in [4.69, 9.17) is 9.72 Å². The summed E-state index contributed by atoms with van der Waals surface area (Å²) in [4.78, 5) is 8.91. The third-order valence-corrected chi connectivity index (χ3v) is 4.68. The van der Waals surface area contributed by atoms with Crippen molar-refractivity contribution in [2.75, 3.05) is 0 Å². The summed E-state index contributed by atoms with van der Waals surface area (Å²) in [6.45, 7) is 0. The average molecular weight is 381 g/mol. The number of aromatic nitrogens is 3. The topological polar surface area (TPSA) is 39.9 Å². The van der Waals surface area contributed by atoms with E-state index in [9.17, 15) is 4.39 Å². The average Bonchev–Trinajstić information content (AvgIpc) is 3.30. The molecule has 2 aromatic heterocycles. The maximum atomic E-state index is 13.2. The minimum Gasteiger partial charge on any atom is -0.457 e. The number of benzene rings is 3. The van der Waals surface area contributed by atoms with E-state index in [1.165, 1.54) is 12.1 Å². The van der Waals surface area contributed by atoms with Gasteiger partial charge in [0.05, 0.1) is 17.5 Å². The standard InChI is InChI=1S/C24H16FN3O/c25-18-6-9-20(10-7-18)29-24-4-2-1-3-21(24)23-11-5-17-15-19(8-12-22(17)27-23)28-14-13-26-16-28/h1-16H. The first kappa shape index (κ1) is 17.1. The summed E-state index contributed by atoms with van der Waals surface area (Å²) in [7, 11) is 0. The molecule has 140 valence electrons. The van der Waals surface area contributed by atoms with E-state index in [-0.39, 0.29) is 5.82 Å². The summed E-state index contributed by atoms with van der Waals surface area (Å²) in [6.07, 6.45) is 5.43. The highest BCUT2D eigenvalue weighted by Crippen LogP contribution is 2.33. The van der Waals surface area contributed by atoms with Gasteiger partial charge in [-0.25, -0.2) is 14.4 Å². The van der Waals surface area contributed by atoms with Crippen LogP contribution < -0.4 is 4.74 Å². The molecule has 0 amide bonds. The summed E-state index contributed by atoms with van der Waals surface area (Å²) in [5.74, 6) is 0.947. The summed E-state index contributed by atoms with van der Waals surface area (Å²) in [5, 5.41) is 1.04. The SMILES string of the molecule is Fc1ccc(Oc2ccccc2-c2ccc3cc(-n4ccnc4)ccc3n2)cc1. The third-order valence-electron chi connectivity index (χ3n) is 4.68. The number of halogens is 1. The van der Waals surface area contributed by atoms with Crippen LogP contribution in [0.15, 0.2) is 97.6 Å². The van der Waals surface area contributed by atoms with E-state index < -0.39 is 0 Å². The lowest BCUT2D eigenvalue weighted by atomic mass is 10.1. The molecule has 0 unspecified atom stereocenters. The summed E-state index contributed by atoms with van der Waals surface area (Å²) in [5.41, 5.74) is 3.61. The van der Waals surface area contributed by atoms with Crippen LogP contribution in [0.2, 0.25) is 0 Å². The zero-order chi connectivity index (χ0) is 19.6. The van der Waals surface area contributed by atoms with Crippen molar-refractivity contribution in [3.05, 3.63) is 103 Å². The van der Waals surface area contributed by atoms with Gasteiger partial charge in [0.15, 0.2) is 0 Å². The molecule has 0 N–H and O–H groups in total. The minimum absolute atomic E-state index is 0.295. The van der Waals surface area contributed by atoms with Crippen molar-refractivity contribution in [1.29, 1.82) is 0 Å². The van der Waals surface area contributed by atoms with Crippen LogP contribution in [0.3, 0.4) is 0 Å². The van der Waals surface area contributed by atoms with Gasteiger partial charge < -0.3 is 9.30 Å². The van der Waals surface area contributed by atoms with E-state index in [0.717, 1.165) is 27.8 Å². The molecule has 4 nitrogen and oxygen atoms in total. The molecule has 5 heteroatoms. The Kier molecular flexibility index (Phi) is 4.26. The molecular formula is C24H16FN3O. The second kappa shape index (κ2) is 7.20. The van der Waals surface area contributed by atoms with Crippen molar-refractivity contribution in [3.63, 3.8) is 0 Å². The van der Waals surface area contributed by atoms with E-state index in [1.54, 1.807) is 24.7 Å². The summed E-state index contributed by atoms with van der Waals surface area (Å²) in [6, 6.07) is 23.8. The quantitative estimate of drug-likeness (QED) is 0.382. The Morgan fingerprint density at radius 2 is 1.72 bits per heavy atom. The fraction of sp³-hybridized carbons (Fsp3) is 0. The Balaban J connectivity index is 1.52. The number of hydrogen-bond acceptors (Lipinski definition) is 3. The molecule has 0 saturated heterocycles. The van der Waals surface area contributed by atoms with Crippen molar-refractivity contribution in [3.8, 4) is 28.4 Å². The molecule has 0 radical (unpaired) electrons. The molecule has 0 aliphatic heterocycles. The van der Waals surface area contributed by atoms with Crippen LogP contribution >= 0.6 is 0 Å². The maximum Gasteiger partial charge on any atom is 0.136 e. The Morgan fingerprint density at radius 1 is 0.862 bits per heavy atom. The van der Waals surface area contributed by atoms with E-state index in [2.05, 4.69) is 11.1 Å². The van der Waals surface area contributed by atoms with Crippen LogP contribution in [0, 0.1) is 5.82 Å². The van der Waals surface area contributed by atoms with Gasteiger partial charge in [-0.2, -0.15) is 0 Å². The smallest absolute Gasteiger partial charge is 0.136 e. The molecule has 5 rings (SSSR count). The minimum atomic E-state index is -0.295. The molecule has 5 aromatic rings. The second-order valence-electron chi connectivity index (χ2n) is 6.60. The molecule has 29 heavy (non-hydrogen) atoms.